The van der Waals surface area contributed by atoms with Gasteiger partial charge in [-0.25, -0.2) is 9.78 Å². The third-order valence-corrected chi connectivity index (χ3v) is 12.3. The number of rotatable bonds is 7. The van der Waals surface area contributed by atoms with Crippen molar-refractivity contribution < 1.29 is 52.1 Å². The van der Waals surface area contributed by atoms with Crippen molar-refractivity contribution in [1.82, 2.24) is 9.99 Å². The van der Waals surface area contributed by atoms with Crippen LogP contribution in [0.3, 0.4) is 0 Å². The minimum atomic E-state index is -4.79. The molecule has 8 rings (SSSR count). The smallest absolute Gasteiger partial charge is 0.417 e. The maximum atomic E-state index is 15.4. The van der Waals surface area contributed by atoms with Crippen LogP contribution in [0.1, 0.15) is 45.8 Å². The van der Waals surface area contributed by atoms with Gasteiger partial charge in [-0.3, -0.25) is 29.5 Å². The number of hydrogen-bond acceptors (Lipinski definition) is 9. The highest BCUT2D eigenvalue weighted by atomic mass is 35.5. The van der Waals surface area contributed by atoms with Crippen molar-refractivity contribution in [2.75, 3.05) is 17.4 Å². The van der Waals surface area contributed by atoms with Gasteiger partial charge in [-0.15, -0.1) is 0 Å². The van der Waals surface area contributed by atoms with Crippen molar-refractivity contribution >= 4 is 75.9 Å². The molecule has 3 fully saturated rings. The fraction of sp³-hybridized carbons (Fsp3) is 0.250. The number of phenolic OH excluding ortho intramolecular Hbond substituents is 1. The number of benzene rings is 3. The summed E-state index contributed by atoms with van der Waals surface area (Å²) in [7, 11) is 1.29. The number of ether oxygens (including phenoxy) is 1. The predicted octanol–water partition coefficient (Wildman–Crippen LogP) is 7.66. The van der Waals surface area contributed by atoms with Crippen LogP contribution in [0.2, 0.25) is 15.1 Å². The summed E-state index contributed by atoms with van der Waals surface area (Å²) in [5, 5.41) is 20.7. The van der Waals surface area contributed by atoms with Gasteiger partial charge in [-0.2, -0.15) is 18.2 Å². The summed E-state index contributed by atoms with van der Waals surface area (Å²) in [4.78, 5) is 75.5. The van der Waals surface area contributed by atoms with Crippen LogP contribution in [0.5, 0.6) is 11.5 Å². The number of hydrogen-bond donors (Lipinski definition) is 3. The highest BCUT2D eigenvalue weighted by Gasteiger charge is 2.70. The zero-order valence-corrected chi connectivity index (χ0v) is 32.0. The van der Waals surface area contributed by atoms with Gasteiger partial charge in [0.2, 0.25) is 11.8 Å². The molecule has 298 valence electrons. The molecule has 12 nitrogen and oxygen atoms in total. The largest absolute Gasteiger partial charge is 0.503 e. The number of pyridine rings is 1. The van der Waals surface area contributed by atoms with E-state index in [0.29, 0.717) is 33.4 Å². The average molecular weight is 856 g/mol. The molecule has 0 spiro atoms. The molecule has 6 unspecified atom stereocenters. The zero-order valence-electron chi connectivity index (χ0n) is 29.8. The SMILES string of the molecule is COc1cc(C2C3=CCC4C(=O)N(c5cccc(C(=O)O)c5)C(=O)C4C3CC3C(=O)N(Nc4ncc(C(F)(F)F)cc4Cl)C(=O)C32c2ccc(Cl)cc2)cc(Cl)c1O. The molecule has 3 N–H and O–H groups in total. The Bertz CT molecular complexity index is 2500. The summed E-state index contributed by atoms with van der Waals surface area (Å²) in [6, 6.07) is 15.0. The molecular formula is C40H28Cl3F3N4O8. The fourth-order valence-electron chi connectivity index (χ4n) is 9.11. The highest BCUT2D eigenvalue weighted by Crippen LogP contribution is 2.65. The number of carboxylic acid groups (broad SMARTS) is 1. The van der Waals surface area contributed by atoms with Gasteiger partial charge in [0, 0.05) is 17.1 Å². The Morgan fingerprint density at radius 1 is 0.948 bits per heavy atom. The second kappa shape index (κ2) is 14.0. The van der Waals surface area contributed by atoms with Crippen molar-refractivity contribution in [3.8, 4) is 11.5 Å². The first-order chi connectivity index (χ1) is 27.5. The Balaban J connectivity index is 1.33. The van der Waals surface area contributed by atoms with Gasteiger partial charge in [0.25, 0.3) is 11.8 Å². The van der Waals surface area contributed by atoms with Gasteiger partial charge in [0.1, 0.15) is 0 Å². The van der Waals surface area contributed by atoms with Crippen LogP contribution in [-0.2, 0) is 30.8 Å². The molecule has 2 aliphatic heterocycles. The first-order valence-electron chi connectivity index (χ1n) is 17.6. The minimum absolute atomic E-state index is 0.0200. The molecular weight excluding hydrogens is 828 g/mol. The molecule has 2 aliphatic carbocycles. The summed E-state index contributed by atoms with van der Waals surface area (Å²) < 4.78 is 46.0. The Morgan fingerprint density at radius 3 is 2.33 bits per heavy atom. The van der Waals surface area contributed by atoms with Crippen molar-refractivity contribution in [3.05, 3.63) is 122 Å². The molecule has 3 aromatic carbocycles. The summed E-state index contributed by atoms with van der Waals surface area (Å²) in [6.45, 7) is 0. The summed E-state index contributed by atoms with van der Waals surface area (Å²) >= 11 is 19.1. The lowest BCUT2D eigenvalue weighted by Gasteiger charge is -2.50. The van der Waals surface area contributed by atoms with Crippen molar-refractivity contribution in [3.63, 3.8) is 0 Å². The number of aromatic carboxylic acids is 1. The summed E-state index contributed by atoms with van der Waals surface area (Å²) in [6.07, 6.45) is -2.70. The van der Waals surface area contributed by atoms with E-state index < -0.39 is 92.9 Å². The van der Waals surface area contributed by atoms with E-state index in [9.17, 15) is 42.6 Å². The Hall–Kier alpha value is -5.64. The Morgan fingerprint density at radius 2 is 1.67 bits per heavy atom. The van der Waals surface area contributed by atoms with E-state index in [1.54, 1.807) is 18.2 Å². The lowest BCUT2D eigenvalue weighted by Crippen LogP contribution is -2.53. The molecule has 4 amide bonds. The van der Waals surface area contributed by atoms with Crippen LogP contribution in [0.4, 0.5) is 24.7 Å². The number of halogens is 6. The van der Waals surface area contributed by atoms with Gasteiger partial charge < -0.3 is 14.9 Å². The first kappa shape index (κ1) is 39.2. The van der Waals surface area contributed by atoms with E-state index in [-0.39, 0.29) is 40.4 Å². The number of allylic oxidation sites excluding steroid dienone is 2. The lowest BCUT2D eigenvalue weighted by molar-refractivity contribution is -0.139. The van der Waals surface area contributed by atoms with E-state index in [4.69, 9.17) is 39.5 Å². The van der Waals surface area contributed by atoms with Gasteiger partial charge in [0.15, 0.2) is 17.3 Å². The van der Waals surface area contributed by atoms with Gasteiger partial charge in [0.05, 0.1) is 57.1 Å². The number of carboxylic acids is 1. The van der Waals surface area contributed by atoms with E-state index in [1.165, 1.54) is 55.6 Å². The third-order valence-electron chi connectivity index (χ3n) is 11.5. The van der Waals surface area contributed by atoms with E-state index in [2.05, 4.69) is 10.4 Å². The molecule has 4 aliphatic rings. The van der Waals surface area contributed by atoms with E-state index >= 15 is 4.79 Å². The number of aromatic nitrogens is 1. The minimum Gasteiger partial charge on any atom is -0.503 e. The third kappa shape index (κ3) is 5.89. The van der Waals surface area contributed by atoms with Gasteiger partial charge >= 0.3 is 12.1 Å². The molecule has 58 heavy (non-hydrogen) atoms. The number of nitrogens with one attached hydrogen (secondary N) is 1. The second-order valence-corrected chi connectivity index (χ2v) is 15.6. The molecule has 6 atom stereocenters. The van der Waals surface area contributed by atoms with Crippen LogP contribution in [0.15, 0.2) is 84.6 Å². The number of nitrogens with zero attached hydrogens (tertiary/aromatic N) is 3. The number of amides is 4. The maximum Gasteiger partial charge on any atom is 0.417 e. The molecule has 0 radical (unpaired) electrons. The zero-order chi connectivity index (χ0) is 41.6. The number of imide groups is 2. The molecule has 0 bridgehead atoms. The standard InChI is InChI=1S/C40H28Cl3F3N4O8/c1-58-29-13-18(12-27(42)32(29)51)31-23-9-10-24-30(36(54)49(34(24)52)22-4-2-3-17(11-22)37(55)56)25(23)15-26-35(53)50(38(57)39(26,31)19-5-7-21(41)8-6-19)48-33-28(43)14-20(16-47-33)40(44,45)46/h2-9,11-14,16,24-26,30-31,51H,10,15H2,1H3,(H,47,48)(H,55,56). The molecule has 1 aromatic heterocycles. The number of phenols is 1. The topological polar surface area (TPSA) is 166 Å². The molecule has 18 heteroatoms. The number of hydrazine groups is 1. The Labute approximate surface area is 341 Å². The number of carbonyl (C=O) groups excluding carboxylic acids is 4. The van der Waals surface area contributed by atoms with Crippen LogP contribution in [-0.4, -0.2) is 56.9 Å². The highest BCUT2D eigenvalue weighted by molar-refractivity contribution is 6.33. The van der Waals surface area contributed by atoms with Crippen LogP contribution in [0, 0.1) is 23.7 Å². The normalized spacial score (nSPS) is 25.3. The number of carbonyl (C=O) groups is 5. The predicted molar refractivity (Wildman–Crippen MR) is 202 cm³/mol. The van der Waals surface area contributed by atoms with Crippen LogP contribution in [0.25, 0.3) is 0 Å². The number of fused-ring (bicyclic) bond motifs is 4. The van der Waals surface area contributed by atoms with Gasteiger partial charge in [-0.1, -0.05) is 64.7 Å². The Kier molecular flexibility index (Phi) is 9.48. The van der Waals surface area contributed by atoms with Crippen molar-refractivity contribution in [2.24, 2.45) is 23.7 Å². The number of methoxy groups -OCH3 is 1. The summed E-state index contributed by atoms with van der Waals surface area (Å²) in [5.74, 6) is -10.5. The fourth-order valence-corrected chi connectivity index (χ4v) is 9.66. The summed E-state index contributed by atoms with van der Waals surface area (Å²) in [5.41, 5.74) is 0.481. The van der Waals surface area contributed by atoms with Gasteiger partial charge in [-0.05, 0) is 78.4 Å². The van der Waals surface area contributed by atoms with E-state index in [1.807, 2.05) is 0 Å². The molecule has 3 heterocycles. The van der Waals surface area contributed by atoms with Crippen molar-refractivity contribution in [2.45, 2.75) is 30.4 Å². The van der Waals surface area contributed by atoms with Crippen LogP contribution >= 0.6 is 34.8 Å². The van der Waals surface area contributed by atoms with Crippen LogP contribution < -0.4 is 15.1 Å². The lowest BCUT2D eigenvalue weighted by atomic mass is 9.49. The van der Waals surface area contributed by atoms with E-state index in [0.717, 1.165) is 4.90 Å². The van der Waals surface area contributed by atoms with Crippen molar-refractivity contribution in [1.29, 1.82) is 0 Å². The maximum absolute atomic E-state index is 15.4. The number of aromatic hydroxyl groups is 1. The second-order valence-electron chi connectivity index (χ2n) is 14.3. The molecule has 1 saturated carbocycles. The first-order valence-corrected chi connectivity index (χ1v) is 18.7. The monoisotopic (exact) mass is 854 g/mol. The molecule has 4 aromatic rings. The molecule has 2 saturated heterocycles. The average Bonchev–Trinajstić information content (AvgIpc) is 3.57. The number of anilines is 2. The quantitative estimate of drug-likeness (QED) is 0.124. The number of alkyl halides is 3.